The fourth-order valence-electron chi connectivity index (χ4n) is 4.16. The number of piperidine rings is 1. The van der Waals surface area contributed by atoms with Crippen molar-refractivity contribution < 1.29 is 14.6 Å². The summed E-state index contributed by atoms with van der Waals surface area (Å²) in [7, 11) is 0. The molecule has 0 unspecified atom stereocenters. The first-order valence-corrected chi connectivity index (χ1v) is 9.11. The summed E-state index contributed by atoms with van der Waals surface area (Å²) in [5.41, 5.74) is 2.29. The fourth-order valence-corrected chi connectivity index (χ4v) is 4.16. The Kier molecular flexibility index (Phi) is 4.25. The van der Waals surface area contributed by atoms with Gasteiger partial charge in [0.2, 0.25) is 5.91 Å². The van der Waals surface area contributed by atoms with E-state index >= 15 is 0 Å². The monoisotopic (exact) mass is 343 g/mol. The topological polar surface area (TPSA) is 67.1 Å². The first-order valence-electron chi connectivity index (χ1n) is 9.11. The second kappa shape index (κ2) is 6.42. The Morgan fingerprint density at radius 1 is 1.40 bits per heavy atom. The Morgan fingerprint density at radius 3 is 2.96 bits per heavy atom. The quantitative estimate of drug-likeness (QED) is 0.902. The zero-order chi connectivity index (χ0) is 17.4. The molecule has 2 saturated heterocycles. The van der Waals surface area contributed by atoms with Crippen LogP contribution in [0.2, 0.25) is 0 Å². The minimum Gasteiger partial charge on any atom is -0.390 e. The van der Waals surface area contributed by atoms with Gasteiger partial charge in [-0.05, 0) is 44.7 Å². The number of hydrogen-bond donors (Lipinski definition) is 1. The Morgan fingerprint density at radius 2 is 2.20 bits per heavy atom. The molecule has 4 rings (SSSR count). The lowest BCUT2D eigenvalue weighted by atomic mass is 9.82. The van der Waals surface area contributed by atoms with Crippen molar-refractivity contribution in [3.05, 3.63) is 35.8 Å². The third-order valence-corrected chi connectivity index (χ3v) is 5.73. The molecule has 6 heteroatoms. The third kappa shape index (κ3) is 2.93. The maximum atomic E-state index is 12.8. The standard InChI is InChI=1S/C19H25N3O3/c1-14-15(22-9-3-2-6-17(22)20-14)13-18(24)21-10-7-19(8-11-21)16(23)5-4-12-25-19/h2-3,6,9,16,23H,4-5,7-8,10-13H2,1H3/t16-/m1/s1. The number of aliphatic hydroxyl groups excluding tert-OH is 1. The molecule has 2 fully saturated rings. The smallest absolute Gasteiger partial charge is 0.228 e. The number of aliphatic hydroxyl groups is 1. The summed E-state index contributed by atoms with van der Waals surface area (Å²) in [5.74, 6) is 0.119. The second-order valence-electron chi connectivity index (χ2n) is 7.20. The predicted octanol–water partition coefficient (Wildman–Crippen LogP) is 1.72. The number of ether oxygens (including phenoxy) is 1. The number of hydrogen-bond acceptors (Lipinski definition) is 4. The number of amides is 1. The number of likely N-dealkylation sites (tertiary alicyclic amines) is 1. The average molecular weight is 343 g/mol. The minimum absolute atomic E-state index is 0.119. The maximum Gasteiger partial charge on any atom is 0.228 e. The molecule has 2 aliphatic rings. The summed E-state index contributed by atoms with van der Waals surface area (Å²) in [6.45, 7) is 3.95. The van der Waals surface area contributed by atoms with Crippen LogP contribution in [-0.4, -0.2) is 56.7 Å². The molecule has 1 amide bonds. The molecule has 0 bridgehead atoms. The van der Waals surface area contributed by atoms with Crippen LogP contribution < -0.4 is 0 Å². The summed E-state index contributed by atoms with van der Waals surface area (Å²) in [5, 5.41) is 10.3. The molecular weight excluding hydrogens is 318 g/mol. The largest absolute Gasteiger partial charge is 0.390 e. The van der Waals surface area contributed by atoms with Crippen molar-refractivity contribution in [2.45, 2.75) is 50.7 Å². The van der Waals surface area contributed by atoms with Crippen LogP contribution >= 0.6 is 0 Å². The van der Waals surface area contributed by atoms with Gasteiger partial charge >= 0.3 is 0 Å². The van der Waals surface area contributed by atoms with Gasteiger partial charge in [0.15, 0.2) is 0 Å². The zero-order valence-corrected chi connectivity index (χ0v) is 14.6. The number of pyridine rings is 1. The molecule has 134 valence electrons. The molecule has 2 aliphatic heterocycles. The summed E-state index contributed by atoms with van der Waals surface area (Å²) >= 11 is 0. The molecule has 0 aliphatic carbocycles. The molecule has 0 saturated carbocycles. The maximum absolute atomic E-state index is 12.8. The van der Waals surface area contributed by atoms with E-state index in [-0.39, 0.29) is 5.91 Å². The number of carbonyl (C=O) groups excluding carboxylic acids is 1. The van der Waals surface area contributed by atoms with E-state index in [2.05, 4.69) is 4.98 Å². The molecule has 25 heavy (non-hydrogen) atoms. The van der Waals surface area contributed by atoms with Crippen molar-refractivity contribution in [2.75, 3.05) is 19.7 Å². The van der Waals surface area contributed by atoms with Crippen molar-refractivity contribution >= 4 is 11.6 Å². The number of aromatic nitrogens is 2. The second-order valence-corrected chi connectivity index (χ2v) is 7.20. The molecule has 4 heterocycles. The molecule has 2 aromatic heterocycles. The van der Waals surface area contributed by atoms with Crippen LogP contribution in [0.5, 0.6) is 0 Å². The van der Waals surface area contributed by atoms with E-state index in [0.29, 0.717) is 39.0 Å². The van der Waals surface area contributed by atoms with Crippen molar-refractivity contribution in [2.24, 2.45) is 0 Å². The van der Waals surface area contributed by atoms with Gasteiger partial charge in [-0.15, -0.1) is 0 Å². The number of nitrogens with zero attached hydrogens (tertiary/aromatic N) is 3. The Hall–Kier alpha value is -1.92. The highest BCUT2D eigenvalue weighted by molar-refractivity contribution is 5.79. The summed E-state index contributed by atoms with van der Waals surface area (Å²) in [4.78, 5) is 19.2. The van der Waals surface area contributed by atoms with E-state index in [1.54, 1.807) is 0 Å². The first-order chi connectivity index (χ1) is 12.1. The lowest BCUT2D eigenvalue weighted by molar-refractivity contribution is -0.179. The van der Waals surface area contributed by atoms with E-state index < -0.39 is 11.7 Å². The molecule has 1 atom stereocenters. The van der Waals surface area contributed by atoms with Crippen LogP contribution in [0.4, 0.5) is 0 Å². The van der Waals surface area contributed by atoms with Gasteiger partial charge in [0.05, 0.1) is 29.5 Å². The molecular formula is C19H25N3O3. The SMILES string of the molecule is Cc1nc2ccccn2c1CC(=O)N1CCC2(CC1)OCCC[C@H]2O. The lowest BCUT2D eigenvalue weighted by Crippen LogP contribution is -2.56. The number of aryl methyl sites for hydroxylation is 1. The van der Waals surface area contributed by atoms with Gasteiger partial charge in [0.1, 0.15) is 5.65 Å². The predicted molar refractivity (Wildman–Crippen MR) is 93.4 cm³/mol. The first kappa shape index (κ1) is 16.5. The van der Waals surface area contributed by atoms with E-state index in [0.717, 1.165) is 29.9 Å². The van der Waals surface area contributed by atoms with Gasteiger partial charge < -0.3 is 19.1 Å². The van der Waals surface area contributed by atoms with E-state index in [1.165, 1.54) is 0 Å². The lowest BCUT2D eigenvalue weighted by Gasteiger charge is -2.46. The highest BCUT2D eigenvalue weighted by Gasteiger charge is 2.44. The fraction of sp³-hybridized carbons (Fsp3) is 0.579. The number of carbonyl (C=O) groups is 1. The zero-order valence-electron chi connectivity index (χ0n) is 14.6. The highest BCUT2D eigenvalue weighted by atomic mass is 16.5. The van der Waals surface area contributed by atoms with Crippen molar-refractivity contribution in [3.8, 4) is 0 Å². The van der Waals surface area contributed by atoms with Crippen LogP contribution in [0.1, 0.15) is 37.1 Å². The van der Waals surface area contributed by atoms with Crippen LogP contribution in [-0.2, 0) is 16.0 Å². The minimum atomic E-state index is -0.436. The normalized spacial score (nSPS) is 23.3. The van der Waals surface area contributed by atoms with Gasteiger partial charge in [-0.2, -0.15) is 0 Å². The average Bonchev–Trinajstić information content (AvgIpc) is 2.94. The van der Waals surface area contributed by atoms with Gasteiger partial charge in [0, 0.05) is 25.9 Å². The van der Waals surface area contributed by atoms with Gasteiger partial charge in [-0.1, -0.05) is 6.07 Å². The van der Waals surface area contributed by atoms with Gasteiger partial charge in [-0.25, -0.2) is 4.98 Å². The molecule has 1 N–H and O–H groups in total. The highest BCUT2D eigenvalue weighted by Crippen LogP contribution is 2.35. The summed E-state index contributed by atoms with van der Waals surface area (Å²) in [6.07, 6.45) is 5.05. The number of rotatable bonds is 2. The van der Waals surface area contributed by atoms with Crippen molar-refractivity contribution in [1.29, 1.82) is 0 Å². The molecule has 1 spiro atoms. The molecule has 0 aromatic carbocycles. The van der Waals surface area contributed by atoms with Crippen LogP contribution in [0.15, 0.2) is 24.4 Å². The van der Waals surface area contributed by atoms with Crippen LogP contribution in [0, 0.1) is 6.92 Å². The van der Waals surface area contributed by atoms with Crippen molar-refractivity contribution in [3.63, 3.8) is 0 Å². The summed E-state index contributed by atoms with van der Waals surface area (Å²) in [6, 6.07) is 5.86. The van der Waals surface area contributed by atoms with E-state index in [4.69, 9.17) is 4.74 Å². The number of fused-ring (bicyclic) bond motifs is 1. The number of imidazole rings is 1. The molecule has 6 nitrogen and oxygen atoms in total. The molecule has 2 aromatic rings. The van der Waals surface area contributed by atoms with E-state index in [9.17, 15) is 9.90 Å². The van der Waals surface area contributed by atoms with E-state index in [1.807, 2.05) is 40.6 Å². The third-order valence-electron chi connectivity index (χ3n) is 5.73. The van der Waals surface area contributed by atoms with Crippen LogP contribution in [0.25, 0.3) is 5.65 Å². The Balaban J connectivity index is 1.45. The Bertz CT molecular complexity index is 777. The molecule has 0 radical (unpaired) electrons. The summed E-state index contributed by atoms with van der Waals surface area (Å²) < 4.78 is 7.92. The van der Waals surface area contributed by atoms with Gasteiger partial charge in [0.25, 0.3) is 0 Å². The van der Waals surface area contributed by atoms with Crippen molar-refractivity contribution in [1.82, 2.24) is 14.3 Å². The van der Waals surface area contributed by atoms with Gasteiger partial charge in [-0.3, -0.25) is 4.79 Å². The van der Waals surface area contributed by atoms with Crippen LogP contribution in [0.3, 0.4) is 0 Å². The Labute approximate surface area is 147 Å².